The average Bonchev–Trinajstić information content (AvgIpc) is 3.12. The van der Waals surface area contributed by atoms with Crippen molar-refractivity contribution in [1.29, 1.82) is 0 Å². The predicted octanol–water partition coefficient (Wildman–Crippen LogP) is 4.04. The van der Waals surface area contributed by atoms with Crippen molar-refractivity contribution in [2.24, 2.45) is 7.05 Å². The Kier molecular flexibility index (Phi) is 4.99. The van der Waals surface area contributed by atoms with E-state index >= 15 is 0 Å². The molecule has 0 aliphatic heterocycles. The largest absolute Gasteiger partial charge is 0.464 e. The Labute approximate surface area is 164 Å². The van der Waals surface area contributed by atoms with E-state index in [0.717, 1.165) is 15.9 Å². The highest BCUT2D eigenvalue weighted by molar-refractivity contribution is 7.98. The van der Waals surface area contributed by atoms with Gasteiger partial charge in [-0.15, -0.1) is 0 Å². The molecule has 7 heteroatoms. The number of fused-ring (bicyclic) bond motifs is 1. The van der Waals surface area contributed by atoms with Crippen molar-refractivity contribution in [1.82, 2.24) is 9.55 Å². The van der Waals surface area contributed by atoms with Gasteiger partial charge in [-0.05, 0) is 22.9 Å². The number of hydrogen-bond donors (Lipinski definition) is 0. The number of rotatable bonds is 5. The first-order valence-electron chi connectivity index (χ1n) is 8.53. The molecular weight excluding hydrogens is 376 g/mol. The monoisotopic (exact) mass is 392 g/mol. The van der Waals surface area contributed by atoms with Crippen molar-refractivity contribution in [2.75, 3.05) is 0 Å². The molecule has 0 amide bonds. The molecule has 28 heavy (non-hydrogen) atoms. The molecule has 6 nitrogen and oxygen atoms in total. The van der Waals surface area contributed by atoms with E-state index in [1.54, 1.807) is 18.3 Å². The SMILES string of the molecule is Cn1ccnc1SCc1cc(=O)c(OC(=O)c2ccc3ccccc3c2)co1. The van der Waals surface area contributed by atoms with Crippen molar-refractivity contribution in [2.45, 2.75) is 10.9 Å². The lowest BCUT2D eigenvalue weighted by Gasteiger charge is -2.06. The third kappa shape index (κ3) is 3.84. The molecule has 2 aromatic heterocycles. The number of aromatic nitrogens is 2. The minimum absolute atomic E-state index is 0.135. The summed E-state index contributed by atoms with van der Waals surface area (Å²) in [5, 5.41) is 2.76. The van der Waals surface area contributed by atoms with Gasteiger partial charge >= 0.3 is 5.97 Å². The molecule has 0 saturated heterocycles. The molecule has 0 spiro atoms. The normalized spacial score (nSPS) is 10.9. The maximum absolute atomic E-state index is 12.4. The van der Waals surface area contributed by atoms with Crippen LogP contribution in [-0.2, 0) is 12.8 Å². The van der Waals surface area contributed by atoms with Gasteiger partial charge in [0.25, 0.3) is 0 Å². The van der Waals surface area contributed by atoms with E-state index < -0.39 is 11.4 Å². The van der Waals surface area contributed by atoms with Gasteiger partial charge in [-0.3, -0.25) is 4.79 Å². The molecule has 0 atom stereocenters. The van der Waals surface area contributed by atoms with Crippen LogP contribution in [0.2, 0.25) is 0 Å². The Morgan fingerprint density at radius 1 is 1.18 bits per heavy atom. The van der Waals surface area contributed by atoms with Crippen LogP contribution in [0.1, 0.15) is 16.1 Å². The first-order valence-corrected chi connectivity index (χ1v) is 9.51. The second kappa shape index (κ2) is 7.74. The lowest BCUT2D eigenvalue weighted by Crippen LogP contribution is -2.14. The standard InChI is InChI=1S/C21H16N2O4S/c1-23-9-8-22-21(23)28-13-17-11-18(24)19(12-26-17)27-20(25)16-7-6-14-4-2-3-5-15(14)10-16/h2-12H,13H2,1H3. The summed E-state index contributed by atoms with van der Waals surface area (Å²) in [5.74, 6) is 0.180. The van der Waals surface area contributed by atoms with Gasteiger partial charge in [0.2, 0.25) is 11.2 Å². The molecule has 4 rings (SSSR count). The molecule has 2 heterocycles. The first kappa shape index (κ1) is 18.1. The minimum Gasteiger partial charge on any atom is -0.464 e. The van der Waals surface area contributed by atoms with Crippen LogP contribution in [0, 0.1) is 0 Å². The fourth-order valence-electron chi connectivity index (χ4n) is 2.69. The molecule has 0 aliphatic carbocycles. The second-order valence-electron chi connectivity index (χ2n) is 6.14. The number of esters is 1. The average molecular weight is 392 g/mol. The molecule has 0 unspecified atom stereocenters. The summed E-state index contributed by atoms with van der Waals surface area (Å²) in [4.78, 5) is 28.9. The van der Waals surface area contributed by atoms with Crippen molar-refractivity contribution in [3.05, 3.63) is 88.7 Å². The second-order valence-corrected chi connectivity index (χ2v) is 7.08. The zero-order valence-electron chi connectivity index (χ0n) is 15.0. The molecule has 0 radical (unpaired) electrons. The van der Waals surface area contributed by atoms with Gasteiger partial charge in [-0.1, -0.05) is 42.1 Å². The van der Waals surface area contributed by atoms with E-state index in [-0.39, 0.29) is 5.75 Å². The maximum atomic E-state index is 12.4. The summed E-state index contributed by atoms with van der Waals surface area (Å²) in [6, 6.07) is 14.3. The Morgan fingerprint density at radius 3 is 2.75 bits per heavy atom. The van der Waals surface area contributed by atoms with Crippen LogP contribution in [0.5, 0.6) is 5.75 Å². The highest BCUT2D eigenvalue weighted by atomic mass is 32.2. The van der Waals surface area contributed by atoms with E-state index in [0.29, 0.717) is 17.1 Å². The maximum Gasteiger partial charge on any atom is 0.343 e. The third-order valence-electron chi connectivity index (χ3n) is 4.16. The summed E-state index contributed by atoms with van der Waals surface area (Å²) in [7, 11) is 1.89. The summed E-state index contributed by atoms with van der Waals surface area (Å²) in [6.07, 6.45) is 4.72. The van der Waals surface area contributed by atoms with Gasteiger partial charge < -0.3 is 13.7 Å². The van der Waals surface area contributed by atoms with E-state index in [2.05, 4.69) is 4.98 Å². The fraction of sp³-hybridized carbons (Fsp3) is 0.0952. The number of thioether (sulfide) groups is 1. The van der Waals surface area contributed by atoms with Gasteiger partial charge in [0.05, 0.1) is 11.3 Å². The summed E-state index contributed by atoms with van der Waals surface area (Å²) < 4.78 is 12.6. The molecule has 0 bridgehead atoms. The number of carbonyl (C=O) groups excluding carboxylic acids is 1. The third-order valence-corrected chi connectivity index (χ3v) is 5.24. The molecule has 0 aliphatic rings. The van der Waals surface area contributed by atoms with E-state index in [4.69, 9.17) is 9.15 Å². The Balaban J connectivity index is 1.47. The van der Waals surface area contributed by atoms with Crippen molar-refractivity contribution >= 4 is 28.5 Å². The van der Waals surface area contributed by atoms with Crippen molar-refractivity contribution in [3.63, 3.8) is 0 Å². The Morgan fingerprint density at radius 2 is 2.00 bits per heavy atom. The number of benzene rings is 2. The quantitative estimate of drug-likeness (QED) is 0.377. The zero-order chi connectivity index (χ0) is 19.5. The number of ether oxygens (including phenoxy) is 1. The van der Waals surface area contributed by atoms with E-state index in [9.17, 15) is 9.59 Å². The number of hydrogen-bond acceptors (Lipinski definition) is 6. The Hall–Kier alpha value is -3.32. The Bertz CT molecular complexity index is 1210. The van der Waals surface area contributed by atoms with Gasteiger partial charge in [-0.2, -0.15) is 0 Å². The minimum atomic E-state index is -0.604. The van der Waals surface area contributed by atoms with Crippen molar-refractivity contribution in [3.8, 4) is 5.75 Å². The van der Waals surface area contributed by atoms with Gasteiger partial charge in [0, 0.05) is 25.5 Å². The van der Waals surface area contributed by atoms with Crippen LogP contribution in [-0.4, -0.2) is 15.5 Å². The molecule has 0 N–H and O–H groups in total. The molecule has 140 valence electrons. The van der Waals surface area contributed by atoms with Crippen LogP contribution < -0.4 is 10.2 Å². The lowest BCUT2D eigenvalue weighted by molar-refractivity contribution is 0.0729. The molecular formula is C21H16N2O4S. The van der Waals surface area contributed by atoms with Crippen LogP contribution in [0.15, 0.2) is 81.6 Å². The van der Waals surface area contributed by atoms with Crippen LogP contribution in [0.4, 0.5) is 0 Å². The van der Waals surface area contributed by atoms with Crippen molar-refractivity contribution < 1.29 is 13.9 Å². The lowest BCUT2D eigenvalue weighted by atomic mass is 10.1. The number of imidazole rings is 1. The van der Waals surface area contributed by atoms with E-state index in [1.807, 2.05) is 48.1 Å². The predicted molar refractivity (Wildman–Crippen MR) is 107 cm³/mol. The van der Waals surface area contributed by atoms with Gasteiger partial charge in [-0.25, -0.2) is 9.78 Å². The van der Waals surface area contributed by atoms with Gasteiger partial charge in [0.15, 0.2) is 5.16 Å². The molecule has 2 aromatic carbocycles. The fourth-order valence-corrected chi connectivity index (χ4v) is 3.51. The van der Waals surface area contributed by atoms with E-state index in [1.165, 1.54) is 24.1 Å². The smallest absolute Gasteiger partial charge is 0.343 e. The summed E-state index contributed by atoms with van der Waals surface area (Å²) >= 11 is 1.44. The molecule has 0 saturated carbocycles. The number of aryl methyl sites for hydroxylation is 1. The zero-order valence-corrected chi connectivity index (χ0v) is 15.8. The molecule has 4 aromatic rings. The summed E-state index contributed by atoms with van der Waals surface area (Å²) in [6.45, 7) is 0. The molecule has 0 fully saturated rings. The highest BCUT2D eigenvalue weighted by Gasteiger charge is 2.13. The number of nitrogens with zero attached hydrogens (tertiary/aromatic N) is 2. The summed E-state index contributed by atoms with van der Waals surface area (Å²) in [5.41, 5.74) is -0.0386. The number of carbonyl (C=O) groups is 1. The van der Waals surface area contributed by atoms with Crippen LogP contribution in [0.3, 0.4) is 0 Å². The van der Waals surface area contributed by atoms with Crippen LogP contribution in [0.25, 0.3) is 10.8 Å². The van der Waals surface area contributed by atoms with Gasteiger partial charge in [0.1, 0.15) is 12.0 Å². The first-order chi connectivity index (χ1) is 13.6. The van der Waals surface area contributed by atoms with Crippen LogP contribution >= 0.6 is 11.8 Å². The highest BCUT2D eigenvalue weighted by Crippen LogP contribution is 2.21. The topological polar surface area (TPSA) is 74.3 Å².